The summed E-state index contributed by atoms with van der Waals surface area (Å²) >= 11 is 0. The third-order valence-electron chi connectivity index (χ3n) is 4.81. The number of aliphatic hydroxyl groups excluding tert-OH is 1. The number of fused-ring (bicyclic) bond motifs is 1. The van der Waals surface area contributed by atoms with Crippen molar-refractivity contribution < 1.29 is 14.6 Å². The van der Waals surface area contributed by atoms with Crippen molar-refractivity contribution in [3.63, 3.8) is 0 Å². The van der Waals surface area contributed by atoms with Gasteiger partial charge in [0, 0.05) is 18.8 Å². The van der Waals surface area contributed by atoms with E-state index in [-0.39, 0.29) is 36.0 Å². The van der Waals surface area contributed by atoms with E-state index in [2.05, 4.69) is 21.5 Å². The summed E-state index contributed by atoms with van der Waals surface area (Å²) in [6.07, 6.45) is 3.47. The molecule has 0 radical (unpaired) electrons. The van der Waals surface area contributed by atoms with Crippen molar-refractivity contribution in [1.29, 1.82) is 0 Å². The molecule has 1 saturated carbocycles. The number of aliphatic hydroxyl groups is 1. The van der Waals surface area contributed by atoms with E-state index < -0.39 is 11.7 Å². The van der Waals surface area contributed by atoms with Gasteiger partial charge in [-0.3, -0.25) is 14.6 Å². The van der Waals surface area contributed by atoms with Crippen molar-refractivity contribution in [2.75, 3.05) is 12.3 Å². The van der Waals surface area contributed by atoms with E-state index in [0.717, 1.165) is 12.8 Å². The highest BCUT2D eigenvalue weighted by Crippen LogP contribution is 2.41. The minimum Gasteiger partial charge on any atom is -0.462 e. The highest BCUT2D eigenvalue weighted by Gasteiger charge is 2.41. The van der Waals surface area contributed by atoms with Gasteiger partial charge < -0.3 is 20.1 Å². The van der Waals surface area contributed by atoms with Gasteiger partial charge in [-0.1, -0.05) is 19.9 Å². The Morgan fingerprint density at radius 3 is 3.04 bits per heavy atom. The zero-order valence-electron chi connectivity index (χ0n) is 14.6. The molecule has 0 amide bonds. The second kappa shape index (κ2) is 7.28. The summed E-state index contributed by atoms with van der Waals surface area (Å²) in [6.45, 7) is 5.90. The molecule has 0 saturated heterocycles. The molecular weight excluding hydrogens is 338 g/mol. The fourth-order valence-electron chi connectivity index (χ4n) is 3.40. The molecule has 1 aliphatic carbocycles. The number of aromatic nitrogens is 4. The Labute approximate surface area is 149 Å². The maximum absolute atomic E-state index is 12.0. The van der Waals surface area contributed by atoms with Gasteiger partial charge >= 0.3 is 5.97 Å². The van der Waals surface area contributed by atoms with Crippen LogP contribution in [0.3, 0.4) is 0 Å². The summed E-state index contributed by atoms with van der Waals surface area (Å²) < 4.78 is 7.27. The number of ether oxygens (including phenoxy) is 1. The number of rotatable bonds is 6. The largest absolute Gasteiger partial charge is 0.462 e. The monoisotopic (exact) mass is 361 g/mol. The molecule has 4 N–H and O–H groups in total. The van der Waals surface area contributed by atoms with Gasteiger partial charge in [-0.2, -0.15) is 4.98 Å². The normalized spacial score (nSPS) is 22.8. The van der Waals surface area contributed by atoms with Gasteiger partial charge in [-0.15, -0.1) is 0 Å². The van der Waals surface area contributed by atoms with Gasteiger partial charge in [-0.05, 0) is 12.0 Å². The summed E-state index contributed by atoms with van der Waals surface area (Å²) in [5.41, 5.74) is 6.45. The van der Waals surface area contributed by atoms with Gasteiger partial charge in [0.1, 0.15) is 6.10 Å². The van der Waals surface area contributed by atoms with E-state index >= 15 is 0 Å². The first-order chi connectivity index (χ1) is 12.5. The molecule has 0 aromatic carbocycles. The van der Waals surface area contributed by atoms with Crippen LogP contribution in [0.15, 0.2) is 23.3 Å². The Kier molecular flexibility index (Phi) is 5.08. The van der Waals surface area contributed by atoms with Gasteiger partial charge in [0.15, 0.2) is 11.2 Å². The Bertz CT molecular complexity index is 887. The number of nitrogens with two attached hydrogens (primary N) is 1. The van der Waals surface area contributed by atoms with Crippen molar-refractivity contribution in [2.45, 2.75) is 44.8 Å². The van der Waals surface area contributed by atoms with Crippen molar-refractivity contribution in [3.8, 4) is 0 Å². The Hall–Kier alpha value is -2.68. The SMILES string of the molecule is C=C1C(CO)C(OC(=O)CCCC)CC1n1cnc2c(=O)[nH]c(N)nc21. The van der Waals surface area contributed by atoms with Gasteiger partial charge in [-0.25, -0.2) is 4.98 Å². The number of anilines is 1. The molecule has 3 unspecified atom stereocenters. The van der Waals surface area contributed by atoms with Gasteiger partial charge in [0.05, 0.1) is 19.0 Å². The highest BCUT2D eigenvalue weighted by molar-refractivity contribution is 5.71. The van der Waals surface area contributed by atoms with E-state index in [4.69, 9.17) is 10.5 Å². The molecule has 2 aromatic rings. The van der Waals surface area contributed by atoms with Crippen LogP contribution in [0.4, 0.5) is 5.95 Å². The summed E-state index contributed by atoms with van der Waals surface area (Å²) in [5.74, 6) is -0.658. The minimum atomic E-state index is -0.473. The van der Waals surface area contributed by atoms with E-state index in [1.165, 1.54) is 6.33 Å². The molecule has 2 heterocycles. The van der Waals surface area contributed by atoms with Crippen molar-refractivity contribution >= 4 is 23.1 Å². The predicted molar refractivity (Wildman–Crippen MR) is 95.3 cm³/mol. The molecule has 0 aliphatic heterocycles. The number of carbonyl (C=O) groups excluding carboxylic acids is 1. The third-order valence-corrected chi connectivity index (χ3v) is 4.81. The number of carbonyl (C=O) groups is 1. The van der Waals surface area contributed by atoms with Crippen LogP contribution in [-0.2, 0) is 9.53 Å². The quantitative estimate of drug-likeness (QED) is 0.514. The molecule has 0 bridgehead atoms. The molecule has 3 rings (SSSR count). The number of H-pyrrole nitrogens is 1. The zero-order valence-corrected chi connectivity index (χ0v) is 14.6. The van der Waals surface area contributed by atoms with Crippen LogP contribution >= 0.6 is 0 Å². The highest BCUT2D eigenvalue weighted by atomic mass is 16.5. The van der Waals surface area contributed by atoms with Crippen LogP contribution in [0, 0.1) is 5.92 Å². The number of hydrogen-bond donors (Lipinski definition) is 3. The van der Waals surface area contributed by atoms with Crippen LogP contribution < -0.4 is 11.3 Å². The average Bonchev–Trinajstić information content (AvgIpc) is 3.14. The van der Waals surface area contributed by atoms with E-state index in [0.29, 0.717) is 24.1 Å². The van der Waals surface area contributed by atoms with E-state index in [1.807, 2.05) is 6.92 Å². The van der Waals surface area contributed by atoms with Crippen molar-refractivity contribution in [3.05, 3.63) is 28.8 Å². The van der Waals surface area contributed by atoms with E-state index in [9.17, 15) is 14.7 Å². The number of nitrogen functional groups attached to an aromatic ring is 1. The number of esters is 1. The molecule has 0 spiro atoms. The lowest BCUT2D eigenvalue weighted by atomic mass is 10.0. The third kappa shape index (κ3) is 3.22. The number of unbranched alkanes of at least 4 members (excludes halogenated alkanes) is 1. The van der Waals surface area contributed by atoms with Crippen LogP contribution in [0.25, 0.3) is 11.2 Å². The fourth-order valence-corrected chi connectivity index (χ4v) is 3.40. The minimum absolute atomic E-state index is 0.00545. The molecule has 1 fully saturated rings. The van der Waals surface area contributed by atoms with Crippen molar-refractivity contribution in [2.24, 2.45) is 5.92 Å². The second-order valence-electron chi connectivity index (χ2n) is 6.52. The number of imidazole rings is 1. The summed E-state index contributed by atoms with van der Waals surface area (Å²) in [6, 6.07) is -0.296. The number of nitrogens with zero attached hydrogens (tertiary/aromatic N) is 3. The van der Waals surface area contributed by atoms with Crippen LogP contribution in [0.5, 0.6) is 0 Å². The van der Waals surface area contributed by atoms with Gasteiger partial charge in [0.2, 0.25) is 5.95 Å². The number of hydrogen-bond acceptors (Lipinski definition) is 7. The van der Waals surface area contributed by atoms with Crippen molar-refractivity contribution in [1.82, 2.24) is 19.5 Å². The maximum atomic E-state index is 12.0. The molecule has 26 heavy (non-hydrogen) atoms. The van der Waals surface area contributed by atoms with Crippen LogP contribution in [0.2, 0.25) is 0 Å². The first-order valence-corrected chi connectivity index (χ1v) is 8.67. The lowest BCUT2D eigenvalue weighted by Gasteiger charge is -2.18. The Balaban J connectivity index is 1.88. The molecule has 1 aliphatic rings. The zero-order chi connectivity index (χ0) is 18.8. The van der Waals surface area contributed by atoms with Crippen LogP contribution in [-0.4, -0.2) is 43.3 Å². The Morgan fingerprint density at radius 2 is 2.35 bits per heavy atom. The molecule has 140 valence electrons. The standard InChI is InChI=1S/C17H23N5O4/c1-3-4-5-13(24)26-12-6-11(9(2)10(12)7-23)22-8-19-14-15(22)20-17(18)21-16(14)25/h8,10-12,23H,2-7H2,1H3,(H3,18,20,21,25). The first-order valence-electron chi connectivity index (χ1n) is 8.67. The smallest absolute Gasteiger partial charge is 0.306 e. The summed E-state index contributed by atoms with van der Waals surface area (Å²) in [4.78, 5) is 34.6. The second-order valence-corrected chi connectivity index (χ2v) is 6.52. The topological polar surface area (TPSA) is 136 Å². The number of nitrogens with one attached hydrogen (secondary N) is 1. The summed E-state index contributed by atoms with van der Waals surface area (Å²) in [7, 11) is 0. The average molecular weight is 361 g/mol. The predicted octanol–water partition coefficient (Wildman–Crippen LogP) is 0.913. The molecule has 3 atom stereocenters. The molecule has 9 nitrogen and oxygen atoms in total. The maximum Gasteiger partial charge on any atom is 0.306 e. The lowest BCUT2D eigenvalue weighted by molar-refractivity contribution is -0.151. The van der Waals surface area contributed by atoms with E-state index in [1.54, 1.807) is 4.57 Å². The molecule has 2 aromatic heterocycles. The van der Waals surface area contributed by atoms with Gasteiger partial charge in [0.25, 0.3) is 5.56 Å². The number of aromatic amines is 1. The lowest BCUT2D eigenvalue weighted by Crippen LogP contribution is -2.25. The summed E-state index contributed by atoms with van der Waals surface area (Å²) in [5, 5.41) is 9.74. The molecule has 9 heteroatoms. The first kappa shape index (κ1) is 18.1. The fraction of sp³-hybridized carbons (Fsp3) is 0.529. The van der Waals surface area contributed by atoms with Crippen LogP contribution in [0.1, 0.15) is 38.6 Å². The molecular formula is C17H23N5O4. The Morgan fingerprint density at radius 1 is 1.58 bits per heavy atom.